The first-order chi connectivity index (χ1) is 7.14. The molecule has 0 aliphatic heterocycles. The zero-order valence-electron chi connectivity index (χ0n) is 8.35. The van der Waals surface area contributed by atoms with Gasteiger partial charge in [0.05, 0.1) is 12.0 Å². The van der Waals surface area contributed by atoms with Crippen LogP contribution in [-0.2, 0) is 16.4 Å². The lowest BCUT2D eigenvalue weighted by atomic mass is 10.3. The largest absolute Gasteiger partial charge is 0.469 e. The number of sulfonamides is 1. The smallest absolute Gasteiger partial charge is 0.211 e. The van der Waals surface area contributed by atoms with Gasteiger partial charge in [-0.1, -0.05) is 0 Å². The van der Waals surface area contributed by atoms with Crippen LogP contribution in [0.3, 0.4) is 0 Å². The molecule has 0 saturated carbocycles. The number of hydrogen-bond donors (Lipinski definition) is 2. The minimum Gasteiger partial charge on any atom is -0.469 e. The van der Waals surface area contributed by atoms with Gasteiger partial charge in [0.15, 0.2) is 0 Å². The van der Waals surface area contributed by atoms with Gasteiger partial charge >= 0.3 is 0 Å². The van der Waals surface area contributed by atoms with Crippen molar-refractivity contribution >= 4 is 10.0 Å². The van der Waals surface area contributed by atoms with E-state index in [2.05, 4.69) is 4.72 Å². The molecule has 0 bridgehead atoms. The molecule has 1 heterocycles. The first-order valence-electron chi connectivity index (χ1n) is 4.74. The standard InChI is InChI=1S/C9H15NO4S/c11-6-2-8-15(12,13)10-5-4-9-3-1-7-14-9/h1,3,7,10-11H,2,4-6,8H2. The molecule has 0 amide bonds. The van der Waals surface area contributed by atoms with E-state index < -0.39 is 10.0 Å². The number of furan rings is 1. The quantitative estimate of drug-likeness (QED) is 0.701. The molecule has 0 aliphatic carbocycles. The van der Waals surface area contributed by atoms with E-state index in [1.165, 1.54) is 0 Å². The Hall–Kier alpha value is -0.850. The van der Waals surface area contributed by atoms with Gasteiger partial charge in [0.25, 0.3) is 0 Å². The van der Waals surface area contributed by atoms with Crippen molar-refractivity contribution in [1.82, 2.24) is 4.72 Å². The maximum Gasteiger partial charge on any atom is 0.211 e. The molecule has 0 aromatic carbocycles. The van der Waals surface area contributed by atoms with E-state index in [4.69, 9.17) is 9.52 Å². The van der Waals surface area contributed by atoms with E-state index in [1.807, 2.05) is 0 Å². The Morgan fingerprint density at radius 1 is 1.47 bits per heavy atom. The summed E-state index contributed by atoms with van der Waals surface area (Å²) in [5.41, 5.74) is 0. The highest BCUT2D eigenvalue weighted by molar-refractivity contribution is 7.89. The molecule has 0 unspecified atom stereocenters. The van der Waals surface area contributed by atoms with Crippen molar-refractivity contribution in [3.63, 3.8) is 0 Å². The van der Waals surface area contributed by atoms with Crippen LogP contribution in [0.4, 0.5) is 0 Å². The fourth-order valence-electron chi connectivity index (χ4n) is 1.11. The van der Waals surface area contributed by atoms with E-state index in [1.54, 1.807) is 18.4 Å². The number of rotatable bonds is 7. The molecule has 0 radical (unpaired) electrons. The summed E-state index contributed by atoms with van der Waals surface area (Å²) in [4.78, 5) is 0. The summed E-state index contributed by atoms with van der Waals surface area (Å²) < 4.78 is 30.0. The highest BCUT2D eigenvalue weighted by Gasteiger charge is 2.08. The van der Waals surface area contributed by atoms with Gasteiger partial charge in [-0.2, -0.15) is 0 Å². The SMILES string of the molecule is O=S(=O)(CCCO)NCCc1ccco1. The van der Waals surface area contributed by atoms with Crippen LogP contribution >= 0.6 is 0 Å². The first-order valence-corrected chi connectivity index (χ1v) is 6.40. The topological polar surface area (TPSA) is 79.5 Å². The first kappa shape index (κ1) is 12.2. The summed E-state index contributed by atoms with van der Waals surface area (Å²) in [6, 6.07) is 3.55. The van der Waals surface area contributed by atoms with Crippen molar-refractivity contribution in [1.29, 1.82) is 0 Å². The number of aliphatic hydroxyl groups excluding tert-OH is 1. The van der Waals surface area contributed by atoms with Crippen LogP contribution in [0.1, 0.15) is 12.2 Å². The lowest BCUT2D eigenvalue weighted by molar-refractivity contribution is 0.295. The molecule has 5 nitrogen and oxygen atoms in total. The molecule has 86 valence electrons. The molecular formula is C9H15NO4S. The fourth-order valence-corrected chi connectivity index (χ4v) is 2.18. The average Bonchev–Trinajstić information content (AvgIpc) is 2.67. The zero-order chi connectivity index (χ0) is 11.1. The molecule has 0 saturated heterocycles. The lowest BCUT2D eigenvalue weighted by Crippen LogP contribution is -2.28. The van der Waals surface area contributed by atoms with Gasteiger partial charge < -0.3 is 9.52 Å². The van der Waals surface area contributed by atoms with Crippen molar-refractivity contribution in [3.8, 4) is 0 Å². The van der Waals surface area contributed by atoms with Crippen molar-refractivity contribution in [2.75, 3.05) is 18.9 Å². The fraction of sp³-hybridized carbons (Fsp3) is 0.556. The van der Waals surface area contributed by atoms with Gasteiger partial charge in [-0.3, -0.25) is 0 Å². The van der Waals surface area contributed by atoms with Crippen LogP contribution in [0.15, 0.2) is 22.8 Å². The molecule has 0 fully saturated rings. The van der Waals surface area contributed by atoms with E-state index in [-0.39, 0.29) is 18.8 Å². The van der Waals surface area contributed by atoms with Crippen molar-refractivity contribution in [3.05, 3.63) is 24.2 Å². The van der Waals surface area contributed by atoms with Crippen LogP contribution < -0.4 is 4.72 Å². The van der Waals surface area contributed by atoms with Crippen molar-refractivity contribution in [2.24, 2.45) is 0 Å². The Balaban J connectivity index is 2.24. The van der Waals surface area contributed by atoms with E-state index in [0.29, 0.717) is 13.0 Å². The van der Waals surface area contributed by atoms with Gasteiger partial charge in [-0.25, -0.2) is 13.1 Å². The normalized spacial score (nSPS) is 11.8. The molecule has 1 aromatic rings. The van der Waals surface area contributed by atoms with Crippen LogP contribution in [0.5, 0.6) is 0 Å². The second-order valence-electron chi connectivity index (χ2n) is 3.12. The van der Waals surface area contributed by atoms with Crippen LogP contribution in [0, 0.1) is 0 Å². The van der Waals surface area contributed by atoms with Crippen LogP contribution in [0.2, 0.25) is 0 Å². The minimum atomic E-state index is -3.25. The monoisotopic (exact) mass is 233 g/mol. The molecule has 1 aromatic heterocycles. The van der Waals surface area contributed by atoms with Gasteiger partial charge in [0.1, 0.15) is 5.76 Å². The summed E-state index contributed by atoms with van der Waals surface area (Å²) in [5, 5.41) is 8.50. The van der Waals surface area contributed by atoms with E-state index in [0.717, 1.165) is 5.76 Å². The van der Waals surface area contributed by atoms with E-state index >= 15 is 0 Å². The zero-order valence-corrected chi connectivity index (χ0v) is 9.16. The molecule has 1 rings (SSSR count). The Morgan fingerprint density at radius 2 is 2.27 bits per heavy atom. The molecule has 6 heteroatoms. The van der Waals surface area contributed by atoms with Crippen molar-refractivity contribution < 1.29 is 17.9 Å². The summed E-state index contributed by atoms with van der Waals surface area (Å²) in [5.74, 6) is 0.710. The summed E-state index contributed by atoms with van der Waals surface area (Å²) in [7, 11) is -3.25. The molecule has 2 N–H and O–H groups in total. The number of hydrogen-bond acceptors (Lipinski definition) is 4. The third-order valence-corrected chi connectivity index (χ3v) is 3.31. The predicted octanol–water partition coefficient (Wildman–Crippen LogP) is 0.124. The predicted molar refractivity (Wildman–Crippen MR) is 55.9 cm³/mol. The average molecular weight is 233 g/mol. The Labute approximate surface area is 89.2 Å². The molecule has 0 spiro atoms. The van der Waals surface area contributed by atoms with E-state index in [9.17, 15) is 8.42 Å². The van der Waals surface area contributed by atoms with Gasteiger partial charge in [0.2, 0.25) is 10.0 Å². The Kier molecular flexibility index (Phi) is 4.80. The number of aliphatic hydroxyl groups is 1. The molecule has 15 heavy (non-hydrogen) atoms. The Bertz CT molecular complexity index is 357. The minimum absolute atomic E-state index is 0.0400. The highest BCUT2D eigenvalue weighted by Crippen LogP contribution is 2.00. The lowest BCUT2D eigenvalue weighted by Gasteiger charge is -2.04. The maximum atomic E-state index is 11.3. The molecular weight excluding hydrogens is 218 g/mol. The molecule has 0 atom stereocenters. The summed E-state index contributed by atoms with van der Waals surface area (Å²) in [6.07, 6.45) is 2.34. The maximum absolute atomic E-state index is 11.3. The summed E-state index contributed by atoms with van der Waals surface area (Å²) in [6.45, 7) is 0.209. The number of nitrogens with one attached hydrogen (secondary N) is 1. The Morgan fingerprint density at radius 3 is 2.87 bits per heavy atom. The van der Waals surface area contributed by atoms with Gasteiger partial charge in [-0.15, -0.1) is 0 Å². The summed E-state index contributed by atoms with van der Waals surface area (Å²) >= 11 is 0. The van der Waals surface area contributed by atoms with Crippen LogP contribution in [0.25, 0.3) is 0 Å². The molecule has 0 aliphatic rings. The van der Waals surface area contributed by atoms with Crippen LogP contribution in [-0.4, -0.2) is 32.4 Å². The van der Waals surface area contributed by atoms with Gasteiger partial charge in [0, 0.05) is 19.6 Å². The third-order valence-electron chi connectivity index (χ3n) is 1.84. The van der Waals surface area contributed by atoms with Crippen molar-refractivity contribution in [2.45, 2.75) is 12.8 Å². The highest BCUT2D eigenvalue weighted by atomic mass is 32.2. The van der Waals surface area contributed by atoms with Gasteiger partial charge in [-0.05, 0) is 18.6 Å². The second kappa shape index (κ2) is 5.89. The second-order valence-corrected chi connectivity index (χ2v) is 5.05. The third kappa shape index (κ3) is 4.96.